The van der Waals surface area contributed by atoms with Gasteiger partial charge in [-0.1, -0.05) is 12.1 Å². The molecule has 0 aliphatic heterocycles. The fraction of sp³-hybridized carbons (Fsp3) is 0.304. The summed E-state index contributed by atoms with van der Waals surface area (Å²) in [5.74, 6) is -1.69. The maximum Gasteiger partial charge on any atom is 0.455 e. The highest BCUT2D eigenvalue weighted by molar-refractivity contribution is 7.52. The molecule has 1 atom stereocenters. The zero-order valence-electron chi connectivity index (χ0n) is 19.6. The van der Waals surface area contributed by atoms with Crippen molar-refractivity contribution in [3.63, 3.8) is 0 Å². The zero-order valence-corrected chi connectivity index (χ0v) is 20.5. The van der Waals surface area contributed by atoms with E-state index < -0.39 is 32.3 Å². The van der Waals surface area contributed by atoms with Crippen molar-refractivity contribution in [2.45, 2.75) is 26.8 Å². The number of hydrogen-bond acceptors (Lipinski definition) is 7. The van der Waals surface area contributed by atoms with Crippen LogP contribution in [0, 0.1) is 0 Å². The van der Waals surface area contributed by atoms with E-state index in [0.717, 1.165) is 0 Å². The number of nitrogens with zero attached hydrogens (tertiary/aromatic N) is 1. The topological polar surface area (TPSA) is 167 Å². The first-order chi connectivity index (χ1) is 16.6. The fourth-order valence-electron chi connectivity index (χ4n) is 2.86. The van der Waals surface area contributed by atoms with E-state index in [1.54, 1.807) is 20.8 Å². The van der Waals surface area contributed by atoms with Crippen molar-refractivity contribution >= 4 is 31.2 Å². The Balaban J connectivity index is 2.03. The van der Waals surface area contributed by atoms with Gasteiger partial charge >= 0.3 is 13.7 Å². The van der Waals surface area contributed by atoms with E-state index in [0.29, 0.717) is 16.9 Å². The van der Waals surface area contributed by atoms with Gasteiger partial charge in [-0.25, -0.2) is 9.36 Å². The molecular formula is C23H28N3O8P. The number of carbonyl (C=O) groups is 3. The number of benzene rings is 2. The van der Waals surface area contributed by atoms with Crippen LogP contribution in [-0.2, 0) is 18.4 Å². The maximum atomic E-state index is 12.6. The SMILES string of the molecule is CCOP(=O)(N=C(N)c1ccc(C(=O)NC(C)C(=O)c2ccc(OCC(=O)O)cc2)cc1)OCC. The summed E-state index contributed by atoms with van der Waals surface area (Å²) in [5.41, 5.74) is 6.95. The summed E-state index contributed by atoms with van der Waals surface area (Å²) in [5, 5.41) is 11.3. The third-order valence-corrected chi connectivity index (χ3v) is 6.13. The number of carboxylic acid groups (broad SMARTS) is 1. The smallest absolute Gasteiger partial charge is 0.455 e. The second-order valence-electron chi connectivity index (χ2n) is 7.13. The first-order valence-electron chi connectivity index (χ1n) is 10.7. The van der Waals surface area contributed by atoms with Gasteiger partial charge in [-0.2, -0.15) is 4.76 Å². The Hall–Kier alpha value is -3.53. The minimum Gasteiger partial charge on any atom is -0.482 e. The van der Waals surface area contributed by atoms with Gasteiger partial charge < -0.3 is 20.9 Å². The van der Waals surface area contributed by atoms with Crippen LogP contribution in [0.25, 0.3) is 0 Å². The van der Waals surface area contributed by atoms with Crippen molar-refractivity contribution in [1.82, 2.24) is 5.32 Å². The summed E-state index contributed by atoms with van der Waals surface area (Å²) in [4.78, 5) is 35.8. The molecule has 35 heavy (non-hydrogen) atoms. The Morgan fingerprint density at radius 3 is 2.00 bits per heavy atom. The van der Waals surface area contributed by atoms with Gasteiger partial charge in [0, 0.05) is 16.7 Å². The summed E-state index contributed by atoms with van der Waals surface area (Å²) < 4.78 is 31.6. The lowest BCUT2D eigenvalue weighted by molar-refractivity contribution is -0.139. The van der Waals surface area contributed by atoms with Gasteiger partial charge in [0.2, 0.25) is 0 Å². The molecule has 188 valence electrons. The molecule has 2 aromatic rings. The number of ether oxygens (including phenoxy) is 1. The van der Waals surface area contributed by atoms with E-state index in [2.05, 4.69) is 10.1 Å². The third-order valence-electron chi connectivity index (χ3n) is 4.50. The molecule has 2 rings (SSSR count). The van der Waals surface area contributed by atoms with E-state index in [-0.39, 0.29) is 30.4 Å². The lowest BCUT2D eigenvalue weighted by Crippen LogP contribution is -2.38. The van der Waals surface area contributed by atoms with Crippen molar-refractivity contribution in [3.8, 4) is 5.75 Å². The summed E-state index contributed by atoms with van der Waals surface area (Å²) in [6, 6.07) is 11.1. The van der Waals surface area contributed by atoms with Gasteiger partial charge in [0.05, 0.1) is 19.3 Å². The number of rotatable bonds is 13. The highest BCUT2D eigenvalue weighted by Crippen LogP contribution is 2.49. The summed E-state index contributed by atoms with van der Waals surface area (Å²) >= 11 is 0. The zero-order chi connectivity index (χ0) is 26.0. The van der Waals surface area contributed by atoms with Gasteiger partial charge in [-0.3, -0.25) is 18.6 Å². The Bertz CT molecular complexity index is 1110. The molecule has 0 bridgehead atoms. The normalized spacial score (nSPS) is 12.6. The van der Waals surface area contributed by atoms with Crippen LogP contribution in [0.2, 0.25) is 0 Å². The Morgan fingerprint density at radius 1 is 0.971 bits per heavy atom. The first-order valence-corrected chi connectivity index (χ1v) is 12.2. The second-order valence-corrected chi connectivity index (χ2v) is 8.79. The minimum atomic E-state index is -3.73. The van der Waals surface area contributed by atoms with Crippen LogP contribution in [0.4, 0.5) is 0 Å². The van der Waals surface area contributed by atoms with Crippen LogP contribution in [0.1, 0.15) is 47.1 Å². The van der Waals surface area contributed by atoms with Crippen molar-refractivity contribution in [3.05, 3.63) is 65.2 Å². The third kappa shape index (κ3) is 8.32. The van der Waals surface area contributed by atoms with E-state index in [9.17, 15) is 18.9 Å². The summed E-state index contributed by atoms with van der Waals surface area (Å²) in [7, 11) is -3.73. The molecule has 0 aliphatic rings. The number of hydrogen-bond donors (Lipinski definition) is 3. The molecule has 0 aliphatic carbocycles. The number of amidine groups is 1. The molecule has 11 nitrogen and oxygen atoms in total. The van der Waals surface area contributed by atoms with Crippen molar-refractivity contribution in [2.24, 2.45) is 10.5 Å². The molecule has 0 aromatic heterocycles. The average molecular weight is 505 g/mol. The highest BCUT2D eigenvalue weighted by atomic mass is 31.2. The molecule has 0 radical (unpaired) electrons. The Labute approximate surface area is 202 Å². The quantitative estimate of drug-likeness (QED) is 0.160. The molecule has 4 N–H and O–H groups in total. The number of nitrogens with two attached hydrogens (primary N) is 1. The lowest BCUT2D eigenvalue weighted by atomic mass is 10.0. The highest BCUT2D eigenvalue weighted by Gasteiger charge is 2.24. The second kappa shape index (κ2) is 12.8. The number of nitrogens with one attached hydrogen (secondary N) is 1. The molecule has 1 amide bonds. The molecule has 0 saturated heterocycles. The number of carbonyl (C=O) groups excluding carboxylic acids is 2. The van der Waals surface area contributed by atoms with Crippen LogP contribution in [0.15, 0.2) is 53.3 Å². The van der Waals surface area contributed by atoms with Gasteiger partial charge in [0.1, 0.15) is 11.6 Å². The Morgan fingerprint density at radius 2 is 1.49 bits per heavy atom. The average Bonchev–Trinajstić information content (AvgIpc) is 2.82. The van der Waals surface area contributed by atoms with Gasteiger partial charge in [0.25, 0.3) is 5.91 Å². The number of ketones is 1. The number of Topliss-reactive ketones (excluding diaryl/α,β-unsaturated/α-hetero) is 1. The minimum absolute atomic E-state index is 0.0680. The summed E-state index contributed by atoms with van der Waals surface area (Å²) in [6.45, 7) is 4.63. The molecular weight excluding hydrogens is 477 g/mol. The van der Waals surface area contributed by atoms with E-state index in [1.807, 2.05) is 0 Å². The Kier molecular flexibility index (Phi) is 10.1. The molecule has 0 spiro atoms. The predicted molar refractivity (Wildman–Crippen MR) is 129 cm³/mol. The molecule has 2 aromatic carbocycles. The van der Waals surface area contributed by atoms with E-state index >= 15 is 0 Å². The van der Waals surface area contributed by atoms with Crippen LogP contribution < -0.4 is 15.8 Å². The number of carboxylic acids is 1. The molecule has 1 unspecified atom stereocenters. The van der Waals surface area contributed by atoms with Crippen LogP contribution in [0.3, 0.4) is 0 Å². The molecule has 0 saturated carbocycles. The van der Waals surface area contributed by atoms with Crippen LogP contribution in [-0.4, -0.2) is 54.5 Å². The maximum absolute atomic E-state index is 12.6. The van der Waals surface area contributed by atoms with E-state index in [1.165, 1.54) is 48.5 Å². The van der Waals surface area contributed by atoms with Gasteiger partial charge in [-0.15, -0.1) is 0 Å². The standard InChI is InChI=1S/C23H28N3O8P/c1-4-33-35(31,34-5-2)26-22(24)17-6-8-18(9-7-17)23(30)25-15(3)21(29)16-10-12-19(13-11-16)32-14-20(27)28/h6-13,15H,4-5,14H2,1-3H3,(H,25,30)(H,27,28)(H2,24,26,31). The number of aliphatic carboxylic acids is 1. The van der Waals surface area contributed by atoms with Gasteiger partial charge in [-0.05, 0) is 57.2 Å². The van der Waals surface area contributed by atoms with Crippen LogP contribution in [0.5, 0.6) is 5.75 Å². The fourth-order valence-corrected chi connectivity index (χ4v) is 4.08. The first kappa shape index (κ1) is 27.7. The molecule has 12 heteroatoms. The molecule has 0 heterocycles. The largest absolute Gasteiger partial charge is 0.482 e. The predicted octanol–water partition coefficient (Wildman–Crippen LogP) is 3.04. The van der Waals surface area contributed by atoms with Crippen molar-refractivity contribution in [2.75, 3.05) is 19.8 Å². The molecule has 0 fully saturated rings. The van der Waals surface area contributed by atoms with Crippen LogP contribution >= 0.6 is 7.75 Å². The van der Waals surface area contributed by atoms with Crippen molar-refractivity contribution < 1.29 is 37.8 Å². The lowest BCUT2D eigenvalue weighted by Gasteiger charge is -2.14. The summed E-state index contributed by atoms with van der Waals surface area (Å²) in [6.07, 6.45) is 0. The monoisotopic (exact) mass is 505 g/mol. The van der Waals surface area contributed by atoms with Crippen molar-refractivity contribution in [1.29, 1.82) is 0 Å². The van der Waals surface area contributed by atoms with Gasteiger partial charge in [0.15, 0.2) is 12.4 Å². The van der Waals surface area contributed by atoms with E-state index in [4.69, 9.17) is 24.6 Å². The number of amides is 1.